The van der Waals surface area contributed by atoms with Gasteiger partial charge in [0.15, 0.2) is 0 Å². The van der Waals surface area contributed by atoms with Gasteiger partial charge in [0.05, 0.1) is 13.0 Å². The number of carbonyl (C=O) groups is 2. The molecule has 1 fully saturated rings. The molecule has 104 valence electrons. The SMILES string of the molecule is COCCC(=O)N1CCC[C@H]1C(=O)OC(C)(C)C. The lowest BCUT2D eigenvalue weighted by Gasteiger charge is -2.27. The number of methoxy groups -OCH3 is 1. The highest BCUT2D eigenvalue weighted by Gasteiger charge is 2.36. The van der Waals surface area contributed by atoms with E-state index in [2.05, 4.69) is 0 Å². The van der Waals surface area contributed by atoms with E-state index in [1.54, 1.807) is 12.0 Å². The van der Waals surface area contributed by atoms with Gasteiger partial charge >= 0.3 is 5.97 Å². The number of carbonyl (C=O) groups excluding carboxylic acids is 2. The highest BCUT2D eigenvalue weighted by atomic mass is 16.6. The van der Waals surface area contributed by atoms with Crippen molar-refractivity contribution >= 4 is 11.9 Å². The van der Waals surface area contributed by atoms with Crippen molar-refractivity contribution in [2.75, 3.05) is 20.3 Å². The first-order chi connectivity index (χ1) is 8.35. The molecular formula is C13H23NO4. The van der Waals surface area contributed by atoms with Gasteiger partial charge in [0.1, 0.15) is 11.6 Å². The van der Waals surface area contributed by atoms with Crippen LogP contribution in [0, 0.1) is 0 Å². The summed E-state index contributed by atoms with van der Waals surface area (Å²) >= 11 is 0. The summed E-state index contributed by atoms with van der Waals surface area (Å²) in [6, 6.07) is -0.423. The maximum atomic E-state index is 12.0. The summed E-state index contributed by atoms with van der Waals surface area (Å²) in [4.78, 5) is 25.5. The highest BCUT2D eigenvalue weighted by Crippen LogP contribution is 2.21. The summed E-state index contributed by atoms with van der Waals surface area (Å²) in [5.74, 6) is -0.337. The van der Waals surface area contributed by atoms with Crippen LogP contribution in [0.2, 0.25) is 0 Å². The summed E-state index contributed by atoms with van der Waals surface area (Å²) in [6.45, 7) is 6.51. The molecule has 5 nitrogen and oxygen atoms in total. The fourth-order valence-corrected chi connectivity index (χ4v) is 2.01. The third-order valence-corrected chi connectivity index (χ3v) is 2.77. The number of esters is 1. The maximum Gasteiger partial charge on any atom is 0.329 e. The lowest BCUT2D eigenvalue weighted by atomic mass is 10.1. The summed E-state index contributed by atoms with van der Waals surface area (Å²) < 4.78 is 10.2. The van der Waals surface area contributed by atoms with Crippen molar-refractivity contribution in [3.8, 4) is 0 Å². The molecule has 1 rings (SSSR count). The Balaban J connectivity index is 2.59. The Morgan fingerprint density at radius 3 is 2.56 bits per heavy atom. The van der Waals surface area contributed by atoms with Crippen molar-refractivity contribution in [3.05, 3.63) is 0 Å². The summed E-state index contributed by atoms with van der Waals surface area (Å²) in [7, 11) is 1.56. The predicted molar refractivity (Wildman–Crippen MR) is 67.1 cm³/mol. The van der Waals surface area contributed by atoms with E-state index in [4.69, 9.17) is 9.47 Å². The van der Waals surface area contributed by atoms with Gasteiger partial charge < -0.3 is 14.4 Å². The Labute approximate surface area is 108 Å². The van der Waals surface area contributed by atoms with Crippen molar-refractivity contribution in [1.82, 2.24) is 4.90 Å². The molecule has 1 heterocycles. The Morgan fingerprint density at radius 1 is 1.33 bits per heavy atom. The molecule has 0 bridgehead atoms. The third kappa shape index (κ3) is 4.29. The quantitative estimate of drug-likeness (QED) is 0.713. The molecule has 0 N–H and O–H groups in total. The van der Waals surface area contributed by atoms with E-state index < -0.39 is 11.6 Å². The van der Waals surface area contributed by atoms with Crippen LogP contribution >= 0.6 is 0 Å². The fraction of sp³-hybridized carbons (Fsp3) is 0.846. The van der Waals surface area contributed by atoms with E-state index in [1.807, 2.05) is 20.8 Å². The second-order valence-corrected chi connectivity index (χ2v) is 5.52. The van der Waals surface area contributed by atoms with Crippen LogP contribution in [0.25, 0.3) is 0 Å². The van der Waals surface area contributed by atoms with Crippen LogP contribution in [0.4, 0.5) is 0 Å². The van der Waals surface area contributed by atoms with Crippen molar-refractivity contribution < 1.29 is 19.1 Å². The van der Waals surface area contributed by atoms with Crippen LogP contribution in [0.5, 0.6) is 0 Å². The van der Waals surface area contributed by atoms with Crippen LogP contribution in [0.3, 0.4) is 0 Å². The average molecular weight is 257 g/mol. The van der Waals surface area contributed by atoms with Crippen LogP contribution in [0.1, 0.15) is 40.0 Å². The second kappa shape index (κ2) is 6.18. The molecule has 5 heteroatoms. The first-order valence-electron chi connectivity index (χ1n) is 6.36. The molecular weight excluding hydrogens is 234 g/mol. The molecule has 0 aromatic heterocycles. The Hall–Kier alpha value is -1.10. The molecule has 0 radical (unpaired) electrons. The number of rotatable bonds is 4. The van der Waals surface area contributed by atoms with Gasteiger partial charge in [0, 0.05) is 13.7 Å². The van der Waals surface area contributed by atoms with Crippen LogP contribution in [-0.4, -0.2) is 48.7 Å². The zero-order chi connectivity index (χ0) is 13.8. The molecule has 0 aromatic rings. The summed E-state index contributed by atoms with van der Waals surface area (Å²) in [5.41, 5.74) is -0.513. The number of hydrogen-bond donors (Lipinski definition) is 0. The van der Waals surface area contributed by atoms with Gasteiger partial charge in [-0.1, -0.05) is 0 Å². The standard InChI is InChI=1S/C13H23NO4/c1-13(2,3)18-12(16)10-6-5-8-14(10)11(15)7-9-17-4/h10H,5-9H2,1-4H3/t10-/m0/s1. The normalized spacial score (nSPS) is 20.0. The number of amides is 1. The number of nitrogens with zero attached hydrogens (tertiary/aromatic N) is 1. The van der Waals surface area contributed by atoms with Crippen molar-refractivity contribution in [1.29, 1.82) is 0 Å². The third-order valence-electron chi connectivity index (χ3n) is 2.77. The van der Waals surface area contributed by atoms with Crippen molar-refractivity contribution in [2.45, 2.75) is 51.7 Å². The zero-order valence-electron chi connectivity index (χ0n) is 11.7. The molecule has 1 amide bonds. The van der Waals surface area contributed by atoms with E-state index in [0.717, 1.165) is 6.42 Å². The predicted octanol–water partition coefficient (Wildman–Crippen LogP) is 1.36. The Bertz CT molecular complexity index is 309. The Kier molecular flexibility index (Phi) is 5.14. The van der Waals surface area contributed by atoms with Gasteiger partial charge in [-0.2, -0.15) is 0 Å². The van der Waals surface area contributed by atoms with E-state index in [0.29, 0.717) is 26.0 Å². The lowest BCUT2D eigenvalue weighted by molar-refractivity contribution is -0.163. The van der Waals surface area contributed by atoms with Gasteiger partial charge in [-0.15, -0.1) is 0 Å². The zero-order valence-corrected chi connectivity index (χ0v) is 11.7. The van der Waals surface area contributed by atoms with E-state index in [1.165, 1.54) is 0 Å². The average Bonchev–Trinajstić information content (AvgIpc) is 2.72. The maximum absolute atomic E-state index is 12.0. The molecule has 1 aliphatic heterocycles. The minimum Gasteiger partial charge on any atom is -0.458 e. The molecule has 0 saturated carbocycles. The Morgan fingerprint density at radius 2 is 2.00 bits per heavy atom. The van der Waals surface area contributed by atoms with Crippen molar-refractivity contribution in [3.63, 3.8) is 0 Å². The first-order valence-corrected chi connectivity index (χ1v) is 6.36. The summed E-state index contributed by atoms with van der Waals surface area (Å²) in [5, 5.41) is 0. The van der Waals surface area contributed by atoms with Crippen molar-refractivity contribution in [2.24, 2.45) is 0 Å². The molecule has 1 aliphatic rings. The molecule has 1 saturated heterocycles. The van der Waals surface area contributed by atoms with Crippen LogP contribution in [-0.2, 0) is 19.1 Å². The minimum atomic E-state index is -0.513. The molecule has 18 heavy (non-hydrogen) atoms. The smallest absolute Gasteiger partial charge is 0.329 e. The topological polar surface area (TPSA) is 55.8 Å². The molecule has 0 aromatic carbocycles. The van der Waals surface area contributed by atoms with Gasteiger partial charge in [-0.25, -0.2) is 4.79 Å². The largest absolute Gasteiger partial charge is 0.458 e. The highest BCUT2D eigenvalue weighted by molar-refractivity contribution is 5.85. The molecule has 0 spiro atoms. The number of ether oxygens (including phenoxy) is 2. The van der Waals surface area contributed by atoms with E-state index in [-0.39, 0.29) is 11.9 Å². The number of likely N-dealkylation sites (tertiary alicyclic amines) is 1. The first kappa shape index (κ1) is 15.0. The fourth-order valence-electron chi connectivity index (χ4n) is 2.01. The molecule has 0 aliphatic carbocycles. The van der Waals surface area contributed by atoms with Gasteiger partial charge in [0.25, 0.3) is 0 Å². The van der Waals surface area contributed by atoms with Gasteiger partial charge in [-0.3, -0.25) is 4.79 Å². The monoisotopic (exact) mass is 257 g/mol. The van der Waals surface area contributed by atoms with E-state index in [9.17, 15) is 9.59 Å². The van der Waals surface area contributed by atoms with Crippen LogP contribution in [0.15, 0.2) is 0 Å². The van der Waals surface area contributed by atoms with E-state index >= 15 is 0 Å². The lowest BCUT2D eigenvalue weighted by Crippen LogP contribution is -2.43. The molecule has 0 unspecified atom stereocenters. The van der Waals surface area contributed by atoms with Crippen LogP contribution < -0.4 is 0 Å². The van der Waals surface area contributed by atoms with Gasteiger partial charge in [-0.05, 0) is 33.6 Å². The summed E-state index contributed by atoms with van der Waals surface area (Å²) in [6.07, 6.45) is 1.85. The van der Waals surface area contributed by atoms with Gasteiger partial charge in [0.2, 0.25) is 5.91 Å². The second-order valence-electron chi connectivity index (χ2n) is 5.52. The minimum absolute atomic E-state index is 0.0368. The number of hydrogen-bond acceptors (Lipinski definition) is 4. The molecule has 1 atom stereocenters.